The number of aliphatic hydroxyl groups is 2. The minimum Gasteiger partial charge on any atom is -0.396 e. The Bertz CT molecular complexity index is 89.3. The normalized spacial score (nSPS) is 14.3. The van der Waals surface area contributed by atoms with Crippen LogP contribution in [0.2, 0.25) is 0 Å². The molecule has 0 heterocycles. The predicted octanol–water partition coefficient (Wildman–Crippen LogP) is 1.09. The van der Waals surface area contributed by atoms with Gasteiger partial charge in [0.05, 0.1) is 6.10 Å². The molecule has 0 rings (SSSR count). The van der Waals surface area contributed by atoms with Crippen molar-refractivity contribution in [1.82, 2.24) is 0 Å². The largest absolute Gasteiger partial charge is 0.396 e. The van der Waals surface area contributed by atoms with Gasteiger partial charge in [-0.3, -0.25) is 0 Å². The number of hydrogen-bond acceptors (Lipinski definition) is 2. The van der Waals surface area contributed by atoms with Crippen molar-refractivity contribution in [2.24, 2.45) is 0 Å². The Hall–Kier alpha value is -0.340. The zero-order valence-corrected chi connectivity index (χ0v) is 6.45. The van der Waals surface area contributed by atoms with E-state index < -0.39 is 6.10 Å². The van der Waals surface area contributed by atoms with E-state index in [2.05, 4.69) is 6.92 Å². The van der Waals surface area contributed by atoms with Crippen LogP contribution < -0.4 is 0 Å². The third kappa shape index (κ3) is 5.79. The molecular formula is C8H16O2. The summed E-state index contributed by atoms with van der Waals surface area (Å²) in [5, 5.41) is 17.4. The maximum absolute atomic E-state index is 9.03. The smallest absolute Gasteiger partial charge is 0.0742 e. The van der Waals surface area contributed by atoms with E-state index in [1.165, 1.54) is 0 Å². The molecule has 0 bridgehead atoms. The van der Waals surface area contributed by atoms with Crippen LogP contribution in [0.4, 0.5) is 0 Å². The first kappa shape index (κ1) is 9.66. The maximum atomic E-state index is 9.03. The number of hydrogen-bond donors (Lipinski definition) is 2. The van der Waals surface area contributed by atoms with Gasteiger partial charge in [-0.05, 0) is 12.8 Å². The summed E-state index contributed by atoms with van der Waals surface area (Å²) in [6.45, 7) is 2.14. The van der Waals surface area contributed by atoms with Crippen molar-refractivity contribution in [2.45, 2.75) is 32.3 Å². The molecule has 0 spiro atoms. The van der Waals surface area contributed by atoms with Gasteiger partial charge in [0.25, 0.3) is 0 Å². The molecule has 2 nitrogen and oxygen atoms in total. The molecule has 60 valence electrons. The lowest BCUT2D eigenvalue weighted by atomic mass is 10.2. The minimum atomic E-state index is -0.462. The first-order chi connectivity index (χ1) is 4.81. The molecule has 2 N–H and O–H groups in total. The fraction of sp³-hybridized carbons (Fsp3) is 0.750. The van der Waals surface area contributed by atoms with Crippen LogP contribution in [0.15, 0.2) is 12.2 Å². The zero-order chi connectivity index (χ0) is 7.82. The van der Waals surface area contributed by atoms with Crippen molar-refractivity contribution in [1.29, 1.82) is 0 Å². The lowest BCUT2D eigenvalue weighted by molar-refractivity contribution is 0.170. The van der Waals surface area contributed by atoms with Crippen molar-refractivity contribution in [3.05, 3.63) is 12.2 Å². The van der Waals surface area contributed by atoms with Crippen molar-refractivity contribution in [3.63, 3.8) is 0 Å². The highest BCUT2D eigenvalue weighted by Crippen LogP contribution is 1.95. The Balaban J connectivity index is 3.26. The van der Waals surface area contributed by atoms with Crippen LogP contribution in [0.5, 0.6) is 0 Å². The quantitative estimate of drug-likeness (QED) is 0.567. The van der Waals surface area contributed by atoms with Gasteiger partial charge in [0.2, 0.25) is 0 Å². The molecule has 0 aliphatic heterocycles. The second-order valence-electron chi connectivity index (χ2n) is 2.30. The Morgan fingerprint density at radius 2 is 2.20 bits per heavy atom. The molecule has 0 aliphatic carbocycles. The second-order valence-corrected chi connectivity index (χ2v) is 2.30. The molecule has 0 saturated heterocycles. The fourth-order valence-corrected chi connectivity index (χ4v) is 0.648. The topological polar surface area (TPSA) is 40.5 Å². The highest BCUT2D eigenvalue weighted by molar-refractivity contribution is 4.87. The van der Waals surface area contributed by atoms with Crippen LogP contribution >= 0.6 is 0 Å². The summed E-state index contributed by atoms with van der Waals surface area (Å²) < 4.78 is 0. The van der Waals surface area contributed by atoms with Crippen LogP contribution in [0.1, 0.15) is 26.2 Å². The summed E-state index contributed by atoms with van der Waals surface area (Å²) in [4.78, 5) is 0. The van der Waals surface area contributed by atoms with Gasteiger partial charge in [0, 0.05) is 6.61 Å². The lowest BCUT2D eigenvalue weighted by Crippen LogP contribution is -2.03. The van der Waals surface area contributed by atoms with Gasteiger partial charge < -0.3 is 10.2 Å². The summed E-state index contributed by atoms with van der Waals surface area (Å²) in [6, 6.07) is 0. The Morgan fingerprint density at radius 1 is 1.50 bits per heavy atom. The van der Waals surface area contributed by atoms with Gasteiger partial charge in [-0.15, -0.1) is 0 Å². The molecule has 0 radical (unpaired) electrons. The Kier molecular flexibility index (Phi) is 6.55. The van der Waals surface area contributed by atoms with Crippen molar-refractivity contribution >= 4 is 0 Å². The third-order valence-corrected chi connectivity index (χ3v) is 1.24. The molecule has 0 aromatic carbocycles. The predicted molar refractivity (Wildman–Crippen MR) is 41.8 cm³/mol. The van der Waals surface area contributed by atoms with Gasteiger partial charge >= 0.3 is 0 Å². The van der Waals surface area contributed by atoms with E-state index in [1.54, 1.807) is 6.08 Å². The number of allylic oxidation sites excluding steroid dienone is 1. The third-order valence-electron chi connectivity index (χ3n) is 1.24. The average molecular weight is 144 g/mol. The molecule has 0 saturated carbocycles. The Labute approximate surface area is 62.2 Å². The summed E-state index contributed by atoms with van der Waals surface area (Å²) in [5.41, 5.74) is 0. The van der Waals surface area contributed by atoms with E-state index in [0.29, 0.717) is 6.42 Å². The van der Waals surface area contributed by atoms with E-state index in [1.807, 2.05) is 6.08 Å². The van der Waals surface area contributed by atoms with Crippen molar-refractivity contribution < 1.29 is 10.2 Å². The number of unbranched alkanes of at least 4 members (excludes halogenated alkanes) is 1. The monoisotopic (exact) mass is 144 g/mol. The van der Waals surface area contributed by atoms with E-state index in [-0.39, 0.29) is 6.61 Å². The number of rotatable bonds is 5. The van der Waals surface area contributed by atoms with Gasteiger partial charge in [0.15, 0.2) is 0 Å². The molecular weight excluding hydrogens is 128 g/mol. The molecule has 1 atom stereocenters. The van der Waals surface area contributed by atoms with E-state index >= 15 is 0 Å². The standard InChI is InChI=1S/C8H16O2/c1-2-3-4-5-8(10)6-7-9/h4-5,8-10H,2-3,6-7H2,1H3/b5-4-. The van der Waals surface area contributed by atoms with Crippen LogP contribution in [-0.2, 0) is 0 Å². The average Bonchev–Trinajstić information content (AvgIpc) is 1.89. The SMILES string of the molecule is CCC/C=C\C(O)CCO. The van der Waals surface area contributed by atoms with E-state index in [9.17, 15) is 0 Å². The van der Waals surface area contributed by atoms with Gasteiger partial charge in [-0.25, -0.2) is 0 Å². The first-order valence-electron chi connectivity index (χ1n) is 3.76. The zero-order valence-electron chi connectivity index (χ0n) is 6.45. The van der Waals surface area contributed by atoms with Crippen LogP contribution in [-0.4, -0.2) is 22.9 Å². The molecule has 1 unspecified atom stereocenters. The molecule has 10 heavy (non-hydrogen) atoms. The van der Waals surface area contributed by atoms with Crippen LogP contribution in [0.25, 0.3) is 0 Å². The molecule has 0 aromatic rings. The molecule has 0 aliphatic rings. The minimum absolute atomic E-state index is 0.0532. The van der Waals surface area contributed by atoms with Crippen LogP contribution in [0.3, 0.4) is 0 Å². The fourth-order valence-electron chi connectivity index (χ4n) is 0.648. The van der Waals surface area contributed by atoms with Crippen molar-refractivity contribution in [3.8, 4) is 0 Å². The summed E-state index contributed by atoms with van der Waals surface area (Å²) >= 11 is 0. The Morgan fingerprint density at radius 3 is 2.70 bits per heavy atom. The van der Waals surface area contributed by atoms with Crippen LogP contribution in [0, 0.1) is 0 Å². The highest BCUT2D eigenvalue weighted by atomic mass is 16.3. The number of aliphatic hydroxyl groups excluding tert-OH is 2. The van der Waals surface area contributed by atoms with Gasteiger partial charge in [-0.2, -0.15) is 0 Å². The highest BCUT2D eigenvalue weighted by Gasteiger charge is 1.94. The summed E-state index contributed by atoms with van der Waals surface area (Å²) in [6.07, 6.45) is 5.77. The maximum Gasteiger partial charge on any atom is 0.0742 e. The first-order valence-corrected chi connectivity index (χ1v) is 3.76. The molecule has 0 fully saturated rings. The van der Waals surface area contributed by atoms with E-state index in [0.717, 1.165) is 12.8 Å². The molecule has 2 heteroatoms. The van der Waals surface area contributed by atoms with Gasteiger partial charge in [-0.1, -0.05) is 25.5 Å². The summed E-state index contributed by atoms with van der Waals surface area (Å²) in [5.74, 6) is 0. The lowest BCUT2D eigenvalue weighted by Gasteiger charge is -1.99. The van der Waals surface area contributed by atoms with Gasteiger partial charge in [0.1, 0.15) is 0 Å². The summed E-state index contributed by atoms with van der Waals surface area (Å²) in [7, 11) is 0. The molecule has 0 aromatic heterocycles. The van der Waals surface area contributed by atoms with E-state index in [4.69, 9.17) is 10.2 Å². The second kappa shape index (κ2) is 6.78. The van der Waals surface area contributed by atoms with Crippen molar-refractivity contribution in [2.75, 3.05) is 6.61 Å². The molecule has 0 amide bonds.